The van der Waals surface area contributed by atoms with Crippen LogP contribution >= 0.6 is 0 Å². The monoisotopic (exact) mass is 518 g/mol. The van der Waals surface area contributed by atoms with Gasteiger partial charge in [0.05, 0.1) is 37.5 Å². The summed E-state index contributed by atoms with van der Waals surface area (Å²) in [6.07, 6.45) is 5.69. The van der Waals surface area contributed by atoms with E-state index in [1.807, 2.05) is 29.2 Å². The van der Waals surface area contributed by atoms with Crippen LogP contribution in [0.2, 0.25) is 0 Å². The molecule has 6 rings (SSSR count). The van der Waals surface area contributed by atoms with E-state index in [0.29, 0.717) is 54.2 Å². The van der Waals surface area contributed by atoms with Crippen molar-refractivity contribution in [3.8, 4) is 11.5 Å². The molecule has 196 valence electrons. The summed E-state index contributed by atoms with van der Waals surface area (Å²) in [6, 6.07) is 11.1. The van der Waals surface area contributed by atoms with E-state index in [1.165, 1.54) is 12.1 Å². The van der Waals surface area contributed by atoms with E-state index < -0.39 is 11.6 Å². The van der Waals surface area contributed by atoms with Crippen LogP contribution in [0.25, 0.3) is 5.52 Å². The van der Waals surface area contributed by atoms with Gasteiger partial charge in [-0.25, -0.2) is 13.3 Å². The molecule has 2 aliphatic heterocycles. The number of anilines is 1. The summed E-state index contributed by atoms with van der Waals surface area (Å²) < 4.78 is 41.1. The number of pyridine rings is 1. The standard InChI is InChI=1S/C29H28F2N4O3/c1-37-27-12-18-7-10-33(17-19(18)13-28(27)38-2)29(36)23-16-32-35-11-8-21(15-26(23)35)34-9-3-4-25(34)22-14-20(30)5-6-24(22)31/h5-6,8,11-16,25H,3-4,7,9-10,17H2,1-2H3/t25-/m1/s1. The van der Waals surface area contributed by atoms with Crippen molar-refractivity contribution in [3.63, 3.8) is 0 Å². The molecular formula is C29H28F2N4O3. The molecule has 0 saturated carbocycles. The van der Waals surface area contributed by atoms with E-state index in [1.54, 1.807) is 31.1 Å². The van der Waals surface area contributed by atoms with Gasteiger partial charge in [0.15, 0.2) is 11.5 Å². The van der Waals surface area contributed by atoms with E-state index in [0.717, 1.165) is 35.7 Å². The number of rotatable bonds is 5. The van der Waals surface area contributed by atoms with Crippen LogP contribution < -0.4 is 14.4 Å². The highest BCUT2D eigenvalue weighted by molar-refractivity contribution is 6.01. The molecule has 4 heterocycles. The van der Waals surface area contributed by atoms with Gasteiger partial charge in [-0.1, -0.05) is 0 Å². The Morgan fingerprint density at radius 2 is 1.79 bits per heavy atom. The molecule has 4 aromatic rings. The fourth-order valence-electron chi connectivity index (χ4n) is 5.71. The zero-order valence-corrected chi connectivity index (χ0v) is 21.3. The Bertz CT molecular complexity index is 1540. The Balaban J connectivity index is 1.30. The minimum absolute atomic E-state index is 0.105. The van der Waals surface area contributed by atoms with Crippen molar-refractivity contribution >= 4 is 17.1 Å². The van der Waals surface area contributed by atoms with Crippen LogP contribution in [0.3, 0.4) is 0 Å². The van der Waals surface area contributed by atoms with Crippen molar-refractivity contribution in [1.29, 1.82) is 0 Å². The van der Waals surface area contributed by atoms with Crippen LogP contribution in [0.5, 0.6) is 11.5 Å². The number of nitrogens with zero attached hydrogens (tertiary/aromatic N) is 4. The van der Waals surface area contributed by atoms with Crippen LogP contribution in [0.4, 0.5) is 14.5 Å². The largest absolute Gasteiger partial charge is 0.493 e. The van der Waals surface area contributed by atoms with Crippen LogP contribution in [-0.2, 0) is 13.0 Å². The van der Waals surface area contributed by atoms with Crippen molar-refractivity contribution < 1.29 is 23.0 Å². The van der Waals surface area contributed by atoms with E-state index in [2.05, 4.69) is 10.00 Å². The number of fused-ring (bicyclic) bond motifs is 2. The Hall–Kier alpha value is -4.14. The Kier molecular flexibility index (Phi) is 6.13. The maximum Gasteiger partial charge on any atom is 0.258 e. The van der Waals surface area contributed by atoms with E-state index in [-0.39, 0.29) is 11.9 Å². The predicted molar refractivity (Wildman–Crippen MR) is 139 cm³/mol. The van der Waals surface area contributed by atoms with Crippen molar-refractivity contribution in [2.75, 3.05) is 32.2 Å². The highest BCUT2D eigenvalue weighted by Gasteiger charge is 2.30. The molecule has 1 saturated heterocycles. The summed E-state index contributed by atoms with van der Waals surface area (Å²) in [4.78, 5) is 17.6. The Labute approximate surface area is 219 Å². The van der Waals surface area contributed by atoms with Gasteiger partial charge in [0.25, 0.3) is 5.91 Å². The lowest BCUT2D eigenvalue weighted by Crippen LogP contribution is -2.36. The van der Waals surface area contributed by atoms with Gasteiger partial charge in [-0.3, -0.25) is 4.79 Å². The number of hydrogen-bond donors (Lipinski definition) is 0. The molecule has 0 unspecified atom stereocenters. The van der Waals surface area contributed by atoms with Gasteiger partial charge in [-0.2, -0.15) is 5.10 Å². The number of carbonyl (C=O) groups is 1. The molecule has 1 fully saturated rings. The van der Waals surface area contributed by atoms with Gasteiger partial charge in [-0.15, -0.1) is 0 Å². The quantitative estimate of drug-likeness (QED) is 0.365. The number of hydrogen-bond acceptors (Lipinski definition) is 5. The maximum atomic E-state index is 14.6. The third-order valence-electron chi connectivity index (χ3n) is 7.64. The third-order valence-corrected chi connectivity index (χ3v) is 7.64. The lowest BCUT2D eigenvalue weighted by Gasteiger charge is -2.30. The zero-order valence-electron chi connectivity index (χ0n) is 21.3. The highest BCUT2D eigenvalue weighted by Crippen LogP contribution is 2.38. The van der Waals surface area contributed by atoms with Gasteiger partial charge >= 0.3 is 0 Å². The first-order valence-corrected chi connectivity index (χ1v) is 12.7. The summed E-state index contributed by atoms with van der Waals surface area (Å²) in [7, 11) is 3.21. The zero-order chi connectivity index (χ0) is 26.4. The van der Waals surface area contributed by atoms with Gasteiger partial charge in [0.2, 0.25) is 0 Å². The van der Waals surface area contributed by atoms with Crippen molar-refractivity contribution in [2.24, 2.45) is 0 Å². The second kappa shape index (κ2) is 9.63. The summed E-state index contributed by atoms with van der Waals surface area (Å²) in [5.41, 5.74) is 4.54. The van der Waals surface area contributed by atoms with Crippen LogP contribution in [0.15, 0.2) is 54.9 Å². The van der Waals surface area contributed by atoms with Crippen LogP contribution in [0, 0.1) is 11.6 Å². The van der Waals surface area contributed by atoms with E-state index in [4.69, 9.17) is 9.47 Å². The summed E-state index contributed by atoms with van der Waals surface area (Å²) in [6.45, 7) is 1.74. The molecule has 9 heteroatoms. The SMILES string of the molecule is COc1cc2c(cc1OC)CN(C(=O)c1cnn3ccc(N4CCC[C@@H]4c4cc(F)ccc4F)cc13)CC2. The van der Waals surface area contributed by atoms with Crippen molar-refractivity contribution in [3.05, 3.63) is 88.7 Å². The molecular weight excluding hydrogens is 490 g/mol. The number of amides is 1. The molecule has 0 aliphatic carbocycles. The molecule has 1 amide bonds. The minimum Gasteiger partial charge on any atom is -0.493 e. The highest BCUT2D eigenvalue weighted by atomic mass is 19.1. The first-order valence-electron chi connectivity index (χ1n) is 12.7. The summed E-state index contributed by atoms with van der Waals surface area (Å²) >= 11 is 0. The number of methoxy groups -OCH3 is 2. The van der Waals surface area contributed by atoms with Crippen molar-refractivity contribution in [2.45, 2.75) is 31.8 Å². The molecule has 38 heavy (non-hydrogen) atoms. The number of aromatic nitrogens is 2. The molecule has 0 N–H and O–H groups in total. The predicted octanol–water partition coefficient (Wildman–Crippen LogP) is 5.17. The van der Waals surface area contributed by atoms with E-state index >= 15 is 0 Å². The molecule has 2 aliphatic rings. The second-order valence-corrected chi connectivity index (χ2v) is 9.74. The molecule has 7 nitrogen and oxygen atoms in total. The molecule has 1 atom stereocenters. The first kappa shape index (κ1) is 24.2. The number of ether oxygens (including phenoxy) is 2. The number of halogens is 2. The lowest BCUT2D eigenvalue weighted by atomic mass is 9.98. The number of benzene rings is 2. The van der Waals surface area contributed by atoms with Gasteiger partial charge < -0.3 is 19.3 Å². The molecule has 2 aromatic carbocycles. The van der Waals surface area contributed by atoms with Gasteiger partial charge in [0.1, 0.15) is 11.6 Å². The molecule has 0 bridgehead atoms. The second-order valence-electron chi connectivity index (χ2n) is 9.74. The fraction of sp³-hybridized carbons (Fsp3) is 0.310. The van der Waals surface area contributed by atoms with Crippen LogP contribution in [0.1, 0.15) is 45.9 Å². The van der Waals surface area contributed by atoms with Crippen LogP contribution in [-0.4, -0.2) is 47.7 Å². The van der Waals surface area contributed by atoms with Gasteiger partial charge in [0, 0.05) is 37.1 Å². The smallest absolute Gasteiger partial charge is 0.258 e. The molecule has 2 aromatic heterocycles. The molecule has 0 spiro atoms. The number of carbonyl (C=O) groups excluding carboxylic acids is 1. The third kappa shape index (κ3) is 4.12. The maximum absolute atomic E-state index is 14.6. The summed E-state index contributed by atoms with van der Waals surface area (Å²) in [5, 5.41) is 4.40. The first-order chi connectivity index (χ1) is 18.5. The molecule has 0 radical (unpaired) electrons. The fourth-order valence-corrected chi connectivity index (χ4v) is 5.71. The minimum atomic E-state index is -0.452. The topological polar surface area (TPSA) is 59.3 Å². The lowest BCUT2D eigenvalue weighted by molar-refractivity contribution is 0.0736. The average Bonchev–Trinajstić information content (AvgIpc) is 3.60. The van der Waals surface area contributed by atoms with E-state index in [9.17, 15) is 13.6 Å². The Morgan fingerprint density at radius 3 is 2.58 bits per heavy atom. The Morgan fingerprint density at radius 1 is 1.00 bits per heavy atom. The average molecular weight is 519 g/mol. The normalized spacial score (nSPS) is 17.1. The van der Waals surface area contributed by atoms with Gasteiger partial charge in [-0.05, 0) is 72.9 Å². The summed E-state index contributed by atoms with van der Waals surface area (Å²) in [5.74, 6) is 0.345. The van der Waals surface area contributed by atoms with Crippen molar-refractivity contribution in [1.82, 2.24) is 14.5 Å².